The molecule has 5 nitrogen and oxygen atoms in total. The fourth-order valence-electron chi connectivity index (χ4n) is 9.30. The van der Waals surface area contributed by atoms with Gasteiger partial charge in [0, 0.05) is 44.1 Å². The zero-order valence-corrected chi connectivity index (χ0v) is 33.1. The van der Waals surface area contributed by atoms with Crippen LogP contribution in [0.5, 0.6) is 23.0 Å². The quantitative estimate of drug-likeness (QED) is 0.175. The Balaban J connectivity index is 0.901. The first-order chi connectivity index (χ1) is 29.5. The van der Waals surface area contributed by atoms with E-state index in [1.54, 1.807) is 0 Å². The maximum atomic E-state index is 6.69. The average Bonchev–Trinajstić information content (AvgIpc) is 3.77. The van der Waals surface area contributed by atoms with Crippen molar-refractivity contribution in [1.29, 1.82) is 0 Å². The molecule has 0 N–H and O–H groups in total. The summed E-state index contributed by atoms with van der Waals surface area (Å²) in [5.74, 6) is 3.57. The van der Waals surface area contributed by atoms with Crippen LogP contribution in [0.25, 0.3) is 83.6 Å². The lowest BCUT2D eigenvalue weighted by Crippen LogP contribution is -2.15. The Morgan fingerprint density at radius 1 is 0.433 bits per heavy atom. The van der Waals surface area contributed by atoms with Gasteiger partial charge in [0.15, 0.2) is 28.8 Å². The van der Waals surface area contributed by atoms with Crippen molar-refractivity contribution in [2.24, 2.45) is 0 Å². The van der Waals surface area contributed by atoms with E-state index < -0.39 is 0 Å². The molecule has 60 heavy (non-hydrogen) atoms. The second kappa shape index (κ2) is 13.1. The zero-order valence-electron chi connectivity index (χ0n) is 33.1. The van der Waals surface area contributed by atoms with E-state index in [0.717, 1.165) is 62.0 Å². The molecule has 0 fully saturated rings. The highest BCUT2D eigenvalue weighted by molar-refractivity contribution is 6.09. The van der Waals surface area contributed by atoms with Gasteiger partial charge in [-0.3, -0.25) is 0 Å². The molecular weight excluding hydrogens is 735 g/mol. The van der Waals surface area contributed by atoms with Crippen LogP contribution in [0.15, 0.2) is 188 Å². The van der Waals surface area contributed by atoms with E-state index >= 15 is 0 Å². The highest BCUT2D eigenvalue weighted by atomic mass is 16.6. The maximum Gasteiger partial charge on any atom is 0.178 e. The molecule has 8 aromatic carbocycles. The lowest BCUT2D eigenvalue weighted by atomic mass is 9.82. The van der Waals surface area contributed by atoms with Gasteiger partial charge in [-0.05, 0) is 94.5 Å². The van der Waals surface area contributed by atoms with Crippen LogP contribution in [0.1, 0.15) is 25.0 Å². The third kappa shape index (κ3) is 5.33. The van der Waals surface area contributed by atoms with E-state index in [2.05, 4.69) is 176 Å². The molecule has 0 atom stereocenters. The van der Waals surface area contributed by atoms with Crippen molar-refractivity contribution in [3.05, 3.63) is 199 Å². The molecule has 2 aliphatic rings. The van der Waals surface area contributed by atoms with E-state index in [4.69, 9.17) is 19.4 Å². The number of para-hydroxylation sites is 2. The highest BCUT2D eigenvalue weighted by Crippen LogP contribution is 2.58. The van der Waals surface area contributed by atoms with Crippen molar-refractivity contribution in [3.8, 4) is 84.8 Å². The largest absolute Gasteiger partial charge is 0.449 e. The smallest absolute Gasteiger partial charge is 0.178 e. The predicted molar refractivity (Wildman–Crippen MR) is 242 cm³/mol. The van der Waals surface area contributed by atoms with E-state index in [0.29, 0.717) is 17.3 Å². The molecule has 0 spiro atoms. The van der Waals surface area contributed by atoms with Gasteiger partial charge in [-0.2, -0.15) is 0 Å². The Labute approximate surface area is 347 Å². The molecular formula is C55H37N3O2. The van der Waals surface area contributed by atoms with E-state index in [1.165, 1.54) is 38.5 Å². The molecule has 0 saturated carbocycles. The van der Waals surface area contributed by atoms with Gasteiger partial charge in [0.25, 0.3) is 0 Å². The van der Waals surface area contributed by atoms with Gasteiger partial charge in [0.2, 0.25) is 0 Å². The molecule has 12 rings (SSSR count). The molecule has 3 heterocycles. The molecule has 0 saturated heterocycles. The first kappa shape index (κ1) is 34.3. The van der Waals surface area contributed by atoms with Crippen LogP contribution >= 0.6 is 0 Å². The highest BCUT2D eigenvalue weighted by Gasteiger charge is 2.39. The van der Waals surface area contributed by atoms with Crippen molar-refractivity contribution in [2.75, 3.05) is 0 Å². The number of hydrogen-bond donors (Lipinski definition) is 0. The average molecular weight is 772 g/mol. The Hall–Kier alpha value is -7.76. The summed E-state index contributed by atoms with van der Waals surface area (Å²) in [5, 5.41) is 2.48. The summed E-state index contributed by atoms with van der Waals surface area (Å²) < 4.78 is 15.6. The van der Waals surface area contributed by atoms with Crippen molar-refractivity contribution < 1.29 is 9.47 Å². The number of ether oxygens (including phenoxy) is 2. The fraction of sp³-hybridized carbons (Fsp3) is 0.0545. The third-order valence-corrected chi connectivity index (χ3v) is 12.3. The van der Waals surface area contributed by atoms with Gasteiger partial charge < -0.3 is 14.0 Å². The summed E-state index contributed by atoms with van der Waals surface area (Å²) >= 11 is 0. The number of benzene rings is 8. The topological polar surface area (TPSA) is 49.2 Å². The van der Waals surface area contributed by atoms with Crippen molar-refractivity contribution in [2.45, 2.75) is 19.3 Å². The number of aromatic nitrogens is 3. The second-order valence-corrected chi connectivity index (χ2v) is 16.2. The summed E-state index contributed by atoms with van der Waals surface area (Å²) in [4.78, 5) is 10.3. The van der Waals surface area contributed by atoms with Crippen LogP contribution in [0.4, 0.5) is 0 Å². The molecule has 284 valence electrons. The van der Waals surface area contributed by atoms with Crippen LogP contribution in [0.2, 0.25) is 0 Å². The predicted octanol–water partition coefficient (Wildman–Crippen LogP) is 14.4. The standard InChI is InChI=1S/C55H37N3O2/c1-55(2)43-20-9-6-19-42(43)52-44(55)28-30-50-53(52)60-49-29-25-37(32-51(49)59-50)36-15-12-16-38(31-36)46-33-45(34-13-4-3-5-14-34)56-54(57-46)35-23-26-39(27-24-35)58-47-21-10-7-17-40(47)41-18-8-11-22-48(41)58/h3-33H,1-2H3. The molecule has 5 heteroatoms. The maximum absolute atomic E-state index is 6.69. The van der Waals surface area contributed by atoms with Crippen LogP contribution in [0, 0.1) is 0 Å². The molecule has 1 aliphatic heterocycles. The Bertz CT molecular complexity index is 3290. The minimum atomic E-state index is -0.120. The number of hydrogen-bond acceptors (Lipinski definition) is 4. The fourth-order valence-corrected chi connectivity index (χ4v) is 9.30. The molecule has 0 bridgehead atoms. The summed E-state index contributed by atoms with van der Waals surface area (Å²) in [6, 6.07) is 65.7. The third-order valence-electron chi connectivity index (χ3n) is 12.3. The second-order valence-electron chi connectivity index (χ2n) is 16.2. The zero-order chi connectivity index (χ0) is 40.0. The Kier molecular flexibility index (Phi) is 7.51. The molecule has 10 aromatic rings. The van der Waals surface area contributed by atoms with Crippen molar-refractivity contribution >= 4 is 21.8 Å². The van der Waals surface area contributed by atoms with Gasteiger partial charge in [-0.1, -0.05) is 135 Å². The van der Waals surface area contributed by atoms with E-state index in [1.807, 2.05) is 30.3 Å². The van der Waals surface area contributed by atoms with E-state index in [9.17, 15) is 0 Å². The lowest BCUT2D eigenvalue weighted by Gasteiger charge is -2.25. The van der Waals surface area contributed by atoms with Gasteiger partial charge in [-0.15, -0.1) is 0 Å². The summed E-state index contributed by atoms with van der Waals surface area (Å²) in [6.45, 7) is 4.55. The Morgan fingerprint density at radius 3 is 1.83 bits per heavy atom. The van der Waals surface area contributed by atoms with Crippen LogP contribution in [-0.2, 0) is 5.41 Å². The molecule has 0 unspecified atom stereocenters. The molecule has 1 aliphatic carbocycles. The molecule has 0 amide bonds. The first-order valence-electron chi connectivity index (χ1n) is 20.4. The minimum absolute atomic E-state index is 0.120. The minimum Gasteiger partial charge on any atom is -0.449 e. The van der Waals surface area contributed by atoms with Crippen LogP contribution in [-0.4, -0.2) is 14.5 Å². The van der Waals surface area contributed by atoms with Gasteiger partial charge >= 0.3 is 0 Å². The molecule has 2 aromatic heterocycles. The van der Waals surface area contributed by atoms with Crippen molar-refractivity contribution in [1.82, 2.24) is 14.5 Å². The Morgan fingerprint density at radius 2 is 1.05 bits per heavy atom. The number of rotatable bonds is 5. The van der Waals surface area contributed by atoms with Gasteiger partial charge in [0.05, 0.1) is 22.4 Å². The van der Waals surface area contributed by atoms with Crippen molar-refractivity contribution in [3.63, 3.8) is 0 Å². The molecule has 0 radical (unpaired) electrons. The summed E-state index contributed by atoms with van der Waals surface area (Å²) in [7, 11) is 0. The number of nitrogens with zero attached hydrogens (tertiary/aromatic N) is 3. The SMILES string of the molecule is CC1(C)c2ccccc2-c2c1ccc1c2Oc2ccc(-c3cccc(-c4cc(-c5ccccc5)nc(-c5ccc(-n6c7ccccc7c7ccccc76)cc5)n4)c3)cc2O1. The van der Waals surface area contributed by atoms with Crippen LogP contribution in [0.3, 0.4) is 0 Å². The van der Waals surface area contributed by atoms with E-state index in [-0.39, 0.29) is 5.41 Å². The van der Waals surface area contributed by atoms with Gasteiger partial charge in [-0.25, -0.2) is 9.97 Å². The number of fused-ring (bicyclic) bond motifs is 9. The lowest BCUT2D eigenvalue weighted by molar-refractivity contribution is 0.360. The van der Waals surface area contributed by atoms with Gasteiger partial charge in [0.1, 0.15) is 0 Å². The summed E-state index contributed by atoms with van der Waals surface area (Å²) in [6.07, 6.45) is 0. The van der Waals surface area contributed by atoms with Crippen LogP contribution < -0.4 is 9.47 Å². The monoisotopic (exact) mass is 771 g/mol. The summed E-state index contributed by atoms with van der Waals surface area (Å²) in [5.41, 5.74) is 14.9. The first-order valence-corrected chi connectivity index (χ1v) is 20.4. The normalized spacial score (nSPS) is 13.2.